The predicted molar refractivity (Wildman–Crippen MR) is 79.3 cm³/mol. The average Bonchev–Trinajstić information content (AvgIpc) is 2.47. The maximum Gasteiger partial charge on any atom is 0.271 e. The minimum atomic E-state index is -0.516. The highest BCUT2D eigenvalue weighted by atomic mass is 16.6. The molecule has 0 saturated heterocycles. The molecule has 0 aliphatic heterocycles. The second-order valence-electron chi connectivity index (χ2n) is 4.42. The van der Waals surface area contributed by atoms with E-state index in [0.717, 1.165) is 11.1 Å². The maximum atomic E-state index is 11.8. The van der Waals surface area contributed by atoms with Gasteiger partial charge in [-0.3, -0.25) is 14.9 Å². The lowest BCUT2D eigenvalue weighted by atomic mass is 10.2. The Labute approximate surface area is 121 Å². The van der Waals surface area contributed by atoms with Crippen LogP contribution in [0.2, 0.25) is 0 Å². The van der Waals surface area contributed by atoms with Gasteiger partial charge in [0.1, 0.15) is 0 Å². The van der Waals surface area contributed by atoms with Crippen LogP contribution in [0.5, 0.6) is 0 Å². The van der Waals surface area contributed by atoms with Crippen LogP contribution in [0.1, 0.15) is 21.5 Å². The lowest BCUT2D eigenvalue weighted by molar-refractivity contribution is -0.384. The van der Waals surface area contributed by atoms with Crippen LogP contribution in [0.4, 0.5) is 5.69 Å². The number of nitro groups is 1. The van der Waals surface area contributed by atoms with E-state index in [4.69, 9.17) is 0 Å². The molecule has 6 heteroatoms. The fourth-order valence-electron chi connectivity index (χ4n) is 1.71. The van der Waals surface area contributed by atoms with Gasteiger partial charge in [-0.1, -0.05) is 29.8 Å². The van der Waals surface area contributed by atoms with Crippen molar-refractivity contribution in [3.63, 3.8) is 0 Å². The van der Waals surface area contributed by atoms with Gasteiger partial charge in [0.15, 0.2) is 0 Å². The number of nitrogens with zero attached hydrogens (tertiary/aromatic N) is 2. The van der Waals surface area contributed by atoms with E-state index in [-0.39, 0.29) is 5.69 Å². The Hall–Kier alpha value is -3.02. The third-order valence-corrected chi connectivity index (χ3v) is 2.76. The summed E-state index contributed by atoms with van der Waals surface area (Å²) in [5, 5.41) is 14.4. The Morgan fingerprint density at radius 2 is 1.95 bits per heavy atom. The minimum absolute atomic E-state index is 0.0604. The number of carbonyl (C=O) groups excluding carboxylic acids is 1. The van der Waals surface area contributed by atoms with Gasteiger partial charge in [0.05, 0.1) is 11.1 Å². The molecule has 1 amide bonds. The molecular weight excluding hydrogens is 270 g/mol. The molecule has 1 N–H and O–H groups in total. The van der Waals surface area contributed by atoms with E-state index in [0.29, 0.717) is 5.56 Å². The first kappa shape index (κ1) is 14.4. The zero-order valence-corrected chi connectivity index (χ0v) is 11.3. The first-order valence-corrected chi connectivity index (χ1v) is 6.21. The topological polar surface area (TPSA) is 84.6 Å². The van der Waals surface area contributed by atoms with Gasteiger partial charge in [0, 0.05) is 17.7 Å². The third kappa shape index (κ3) is 3.97. The molecule has 0 aliphatic rings. The van der Waals surface area contributed by atoms with E-state index < -0.39 is 10.8 Å². The number of nitrogens with one attached hydrogen (secondary N) is 1. The Balaban J connectivity index is 2.00. The van der Waals surface area contributed by atoms with Gasteiger partial charge in [-0.25, -0.2) is 5.43 Å². The van der Waals surface area contributed by atoms with Crippen LogP contribution >= 0.6 is 0 Å². The SMILES string of the molecule is Cc1cccc(/C=N/NC(=O)c2ccc([N+](=O)[O-])cc2)c1. The number of amides is 1. The summed E-state index contributed by atoms with van der Waals surface area (Å²) in [6.07, 6.45) is 1.54. The molecule has 2 aromatic rings. The van der Waals surface area contributed by atoms with E-state index in [9.17, 15) is 14.9 Å². The first-order valence-electron chi connectivity index (χ1n) is 6.21. The third-order valence-electron chi connectivity index (χ3n) is 2.76. The summed E-state index contributed by atoms with van der Waals surface area (Å²) in [4.78, 5) is 21.8. The Bertz CT molecular complexity index is 694. The lowest BCUT2D eigenvalue weighted by Gasteiger charge is -2.00. The van der Waals surface area contributed by atoms with Crippen molar-refractivity contribution in [1.29, 1.82) is 0 Å². The molecule has 0 unspecified atom stereocenters. The number of benzene rings is 2. The summed E-state index contributed by atoms with van der Waals surface area (Å²) >= 11 is 0. The predicted octanol–water partition coefficient (Wildman–Crippen LogP) is 2.67. The van der Waals surface area contributed by atoms with Crippen molar-refractivity contribution in [2.24, 2.45) is 5.10 Å². The molecule has 0 aliphatic carbocycles. The minimum Gasteiger partial charge on any atom is -0.267 e. The van der Waals surface area contributed by atoms with Gasteiger partial charge in [0.25, 0.3) is 11.6 Å². The molecule has 0 bridgehead atoms. The molecule has 0 atom stereocenters. The number of carbonyl (C=O) groups is 1. The van der Waals surface area contributed by atoms with Crippen LogP contribution in [0, 0.1) is 17.0 Å². The fourth-order valence-corrected chi connectivity index (χ4v) is 1.71. The average molecular weight is 283 g/mol. The Kier molecular flexibility index (Phi) is 4.40. The molecule has 2 rings (SSSR count). The summed E-state index contributed by atoms with van der Waals surface area (Å²) in [7, 11) is 0. The Morgan fingerprint density at radius 3 is 2.57 bits per heavy atom. The largest absolute Gasteiger partial charge is 0.271 e. The molecule has 106 valence electrons. The lowest BCUT2D eigenvalue weighted by Crippen LogP contribution is -2.17. The standard InChI is InChI=1S/C15H13N3O3/c1-11-3-2-4-12(9-11)10-16-17-15(19)13-5-7-14(8-6-13)18(20)21/h2-10H,1H3,(H,17,19)/b16-10+. The quantitative estimate of drug-likeness (QED) is 0.532. The number of hydrogen-bond acceptors (Lipinski definition) is 4. The molecule has 2 aromatic carbocycles. The zero-order valence-electron chi connectivity index (χ0n) is 11.3. The maximum absolute atomic E-state index is 11.8. The van der Waals surface area contributed by atoms with Crippen molar-refractivity contribution < 1.29 is 9.72 Å². The van der Waals surface area contributed by atoms with E-state index in [1.165, 1.54) is 30.5 Å². The Morgan fingerprint density at radius 1 is 1.24 bits per heavy atom. The van der Waals surface area contributed by atoms with Crippen LogP contribution in [0.3, 0.4) is 0 Å². The molecule has 0 spiro atoms. The van der Waals surface area contributed by atoms with Crippen LogP contribution < -0.4 is 5.43 Å². The summed E-state index contributed by atoms with van der Waals surface area (Å²) in [6.45, 7) is 1.97. The van der Waals surface area contributed by atoms with Crippen LogP contribution in [-0.4, -0.2) is 17.0 Å². The van der Waals surface area contributed by atoms with E-state index >= 15 is 0 Å². The molecule has 21 heavy (non-hydrogen) atoms. The van der Waals surface area contributed by atoms with Crippen LogP contribution in [-0.2, 0) is 0 Å². The van der Waals surface area contributed by atoms with Crippen LogP contribution in [0.15, 0.2) is 53.6 Å². The zero-order chi connectivity index (χ0) is 15.2. The van der Waals surface area contributed by atoms with Crippen molar-refractivity contribution in [3.05, 3.63) is 75.3 Å². The molecule has 0 radical (unpaired) electrons. The highest BCUT2D eigenvalue weighted by Gasteiger charge is 2.08. The van der Waals surface area contributed by atoms with Crippen molar-refractivity contribution in [1.82, 2.24) is 5.43 Å². The van der Waals surface area contributed by atoms with Crippen molar-refractivity contribution in [2.75, 3.05) is 0 Å². The number of hydrazone groups is 1. The second-order valence-corrected chi connectivity index (χ2v) is 4.42. The second kappa shape index (κ2) is 6.42. The summed E-state index contributed by atoms with van der Waals surface area (Å²) in [5.41, 5.74) is 4.60. The number of hydrogen-bond donors (Lipinski definition) is 1. The molecule has 6 nitrogen and oxygen atoms in total. The summed E-state index contributed by atoms with van der Waals surface area (Å²) in [6, 6.07) is 13.0. The van der Waals surface area contributed by atoms with Gasteiger partial charge in [-0.15, -0.1) is 0 Å². The molecule has 0 heterocycles. The van der Waals surface area contributed by atoms with Gasteiger partial charge in [-0.2, -0.15) is 5.10 Å². The summed E-state index contributed by atoms with van der Waals surface area (Å²) < 4.78 is 0. The number of non-ortho nitro benzene ring substituents is 1. The molecule has 0 fully saturated rings. The van der Waals surface area contributed by atoms with E-state index in [2.05, 4.69) is 10.5 Å². The van der Waals surface area contributed by atoms with Crippen molar-refractivity contribution in [2.45, 2.75) is 6.92 Å². The van der Waals surface area contributed by atoms with Gasteiger partial charge in [0.2, 0.25) is 0 Å². The smallest absolute Gasteiger partial charge is 0.267 e. The van der Waals surface area contributed by atoms with Crippen molar-refractivity contribution >= 4 is 17.8 Å². The number of nitro benzene ring substituents is 1. The van der Waals surface area contributed by atoms with Gasteiger partial charge in [-0.05, 0) is 24.6 Å². The number of rotatable bonds is 4. The normalized spacial score (nSPS) is 10.5. The van der Waals surface area contributed by atoms with Crippen molar-refractivity contribution in [3.8, 4) is 0 Å². The highest BCUT2D eigenvalue weighted by Crippen LogP contribution is 2.11. The highest BCUT2D eigenvalue weighted by molar-refractivity contribution is 5.95. The van der Waals surface area contributed by atoms with Gasteiger partial charge < -0.3 is 0 Å². The summed E-state index contributed by atoms with van der Waals surface area (Å²) in [5.74, 6) is -0.422. The molecular formula is C15H13N3O3. The first-order chi connectivity index (χ1) is 10.1. The van der Waals surface area contributed by atoms with E-state index in [1.54, 1.807) is 0 Å². The number of aryl methyl sites for hydroxylation is 1. The van der Waals surface area contributed by atoms with E-state index in [1.807, 2.05) is 31.2 Å². The molecule has 0 aromatic heterocycles. The fraction of sp³-hybridized carbons (Fsp3) is 0.0667. The van der Waals surface area contributed by atoms with Crippen LogP contribution in [0.25, 0.3) is 0 Å². The molecule has 0 saturated carbocycles. The monoisotopic (exact) mass is 283 g/mol. The van der Waals surface area contributed by atoms with Gasteiger partial charge >= 0.3 is 0 Å².